The van der Waals surface area contributed by atoms with Gasteiger partial charge in [-0.1, -0.05) is 19.1 Å². The van der Waals surface area contributed by atoms with E-state index in [0.717, 1.165) is 42.5 Å². The quantitative estimate of drug-likeness (QED) is 0.307. The lowest BCUT2D eigenvalue weighted by molar-refractivity contribution is 0.632. The summed E-state index contributed by atoms with van der Waals surface area (Å²) in [7, 11) is 1.77. The Hall–Kier alpha value is -2.43. The number of nitrogens with zero attached hydrogens (tertiary/aromatic N) is 6. The van der Waals surface area contributed by atoms with Crippen molar-refractivity contribution in [3.05, 3.63) is 60.4 Å². The molecule has 3 rings (SSSR count). The Morgan fingerprint density at radius 1 is 1.22 bits per heavy atom. The van der Waals surface area contributed by atoms with Crippen LogP contribution in [0.1, 0.15) is 18.3 Å². The van der Waals surface area contributed by atoms with E-state index in [-0.39, 0.29) is 24.0 Å². The molecule has 0 amide bonds. The van der Waals surface area contributed by atoms with Gasteiger partial charge in [-0.3, -0.25) is 4.99 Å². The van der Waals surface area contributed by atoms with Gasteiger partial charge in [0.2, 0.25) is 0 Å². The lowest BCUT2D eigenvalue weighted by Crippen LogP contribution is -2.38. The molecule has 0 fully saturated rings. The van der Waals surface area contributed by atoms with E-state index in [1.165, 1.54) is 0 Å². The van der Waals surface area contributed by atoms with Gasteiger partial charge in [0.05, 0.1) is 5.69 Å². The van der Waals surface area contributed by atoms with Crippen molar-refractivity contribution in [2.24, 2.45) is 4.99 Å². The monoisotopic (exact) mass is 480 g/mol. The maximum absolute atomic E-state index is 4.27. The smallest absolute Gasteiger partial charge is 0.191 e. The van der Waals surface area contributed by atoms with Crippen LogP contribution < -0.4 is 10.6 Å². The Morgan fingerprint density at radius 2 is 2.11 bits per heavy atom. The Labute approximate surface area is 176 Å². The number of benzene rings is 1. The number of halogens is 1. The summed E-state index contributed by atoms with van der Waals surface area (Å²) in [6.07, 6.45) is 6.34. The van der Waals surface area contributed by atoms with E-state index in [0.29, 0.717) is 6.54 Å². The zero-order chi connectivity index (χ0) is 18.2. The number of aromatic nitrogens is 5. The number of hydrogen-bond donors (Lipinski definition) is 2. The fourth-order valence-corrected chi connectivity index (χ4v) is 2.67. The summed E-state index contributed by atoms with van der Waals surface area (Å²) in [5, 5.41) is 19.0. The number of hydrogen-bond acceptors (Lipinski definition) is 4. The molecule has 0 saturated heterocycles. The summed E-state index contributed by atoms with van der Waals surface area (Å²) < 4.78 is 3.90. The lowest BCUT2D eigenvalue weighted by Gasteiger charge is -2.13. The summed E-state index contributed by atoms with van der Waals surface area (Å²) in [6.45, 7) is 4.30. The van der Waals surface area contributed by atoms with Crippen molar-refractivity contribution in [2.75, 3.05) is 13.6 Å². The van der Waals surface area contributed by atoms with E-state index < -0.39 is 0 Å². The highest BCUT2D eigenvalue weighted by molar-refractivity contribution is 14.0. The summed E-state index contributed by atoms with van der Waals surface area (Å²) in [4.78, 5) is 4.27. The van der Waals surface area contributed by atoms with Gasteiger partial charge in [0.1, 0.15) is 12.2 Å². The first kappa shape index (κ1) is 20.9. The minimum absolute atomic E-state index is 0. The highest BCUT2D eigenvalue weighted by Crippen LogP contribution is 2.09. The molecule has 144 valence electrons. The van der Waals surface area contributed by atoms with Crippen LogP contribution in [-0.2, 0) is 19.5 Å². The number of rotatable bonds is 7. The molecule has 27 heavy (non-hydrogen) atoms. The van der Waals surface area contributed by atoms with Crippen LogP contribution in [-0.4, -0.2) is 44.1 Å². The van der Waals surface area contributed by atoms with Crippen molar-refractivity contribution >= 4 is 29.9 Å². The predicted molar refractivity (Wildman–Crippen MR) is 117 cm³/mol. The average Bonchev–Trinajstić information content (AvgIpc) is 3.36. The minimum Gasteiger partial charge on any atom is -0.355 e. The molecule has 0 saturated carbocycles. The third-order valence-electron chi connectivity index (χ3n) is 4.02. The van der Waals surface area contributed by atoms with Crippen molar-refractivity contribution in [1.29, 1.82) is 0 Å². The maximum Gasteiger partial charge on any atom is 0.191 e. The van der Waals surface area contributed by atoms with Crippen LogP contribution in [0.5, 0.6) is 0 Å². The zero-order valence-corrected chi connectivity index (χ0v) is 17.9. The SMILES string of the molecule is CCc1nncn1CCNC(=NC)NCc1cccc(-n2cccn2)c1.I. The first-order valence-electron chi connectivity index (χ1n) is 8.70. The molecule has 3 aromatic rings. The summed E-state index contributed by atoms with van der Waals surface area (Å²) in [6, 6.07) is 10.2. The van der Waals surface area contributed by atoms with E-state index in [1.54, 1.807) is 19.6 Å². The van der Waals surface area contributed by atoms with Crippen LogP contribution in [0, 0.1) is 0 Å². The zero-order valence-electron chi connectivity index (χ0n) is 15.5. The van der Waals surface area contributed by atoms with E-state index in [2.05, 4.69) is 50.0 Å². The third-order valence-corrected chi connectivity index (χ3v) is 4.02. The minimum atomic E-state index is 0. The van der Waals surface area contributed by atoms with Gasteiger partial charge in [0.25, 0.3) is 0 Å². The maximum atomic E-state index is 4.27. The van der Waals surface area contributed by atoms with Crippen molar-refractivity contribution in [3.63, 3.8) is 0 Å². The van der Waals surface area contributed by atoms with Crippen LogP contribution in [0.15, 0.2) is 54.0 Å². The van der Waals surface area contributed by atoms with E-state index in [4.69, 9.17) is 0 Å². The topological polar surface area (TPSA) is 85.0 Å². The second-order valence-corrected chi connectivity index (χ2v) is 5.77. The van der Waals surface area contributed by atoms with E-state index in [9.17, 15) is 0 Å². The van der Waals surface area contributed by atoms with Crippen molar-refractivity contribution in [2.45, 2.75) is 26.4 Å². The van der Waals surface area contributed by atoms with Gasteiger partial charge < -0.3 is 15.2 Å². The Morgan fingerprint density at radius 3 is 2.85 bits per heavy atom. The molecule has 8 nitrogen and oxygen atoms in total. The Bertz CT molecular complexity index is 841. The van der Waals surface area contributed by atoms with Crippen LogP contribution in [0.25, 0.3) is 5.69 Å². The van der Waals surface area contributed by atoms with Gasteiger partial charge in [0, 0.05) is 45.5 Å². The number of aryl methyl sites for hydroxylation is 1. The Kier molecular flexibility index (Phi) is 8.24. The summed E-state index contributed by atoms with van der Waals surface area (Å²) >= 11 is 0. The van der Waals surface area contributed by atoms with Gasteiger partial charge >= 0.3 is 0 Å². The van der Waals surface area contributed by atoms with E-state index in [1.807, 2.05) is 33.6 Å². The summed E-state index contributed by atoms with van der Waals surface area (Å²) in [5.41, 5.74) is 2.20. The molecule has 9 heteroatoms. The molecule has 0 bridgehead atoms. The number of aliphatic imine (C=N–C) groups is 1. The molecule has 0 spiro atoms. The third kappa shape index (κ3) is 5.78. The number of nitrogens with one attached hydrogen (secondary N) is 2. The van der Waals surface area contributed by atoms with Crippen LogP contribution in [0.2, 0.25) is 0 Å². The molecule has 0 aliphatic heterocycles. The molecular formula is C18H25IN8. The molecule has 2 aromatic heterocycles. The van der Waals surface area contributed by atoms with Crippen LogP contribution in [0.3, 0.4) is 0 Å². The first-order chi connectivity index (χ1) is 12.8. The second-order valence-electron chi connectivity index (χ2n) is 5.77. The van der Waals surface area contributed by atoms with Gasteiger partial charge in [-0.2, -0.15) is 5.10 Å². The van der Waals surface area contributed by atoms with E-state index >= 15 is 0 Å². The molecule has 2 N–H and O–H groups in total. The molecule has 1 aromatic carbocycles. The first-order valence-corrected chi connectivity index (χ1v) is 8.70. The van der Waals surface area contributed by atoms with Gasteiger partial charge in [-0.25, -0.2) is 4.68 Å². The standard InChI is InChI=1S/C18H24N8.HI/c1-3-17-24-22-14-25(17)11-9-20-18(19-2)21-13-15-6-4-7-16(12-15)26-10-5-8-23-26;/h4-8,10,12,14H,3,9,11,13H2,1-2H3,(H2,19,20,21);1H. The molecule has 0 aliphatic rings. The molecule has 0 unspecified atom stereocenters. The summed E-state index contributed by atoms with van der Waals surface area (Å²) in [5.74, 6) is 1.76. The largest absolute Gasteiger partial charge is 0.355 e. The van der Waals surface area contributed by atoms with Gasteiger partial charge in [-0.05, 0) is 23.8 Å². The van der Waals surface area contributed by atoms with Crippen LogP contribution in [0.4, 0.5) is 0 Å². The van der Waals surface area contributed by atoms with Gasteiger partial charge in [-0.15, -0.1) is 34.2 Å². The lowest BCUT2D eigenvalue weighted by atomic mass is 10.2. The van der Waals surface area contributed by atoms with Gasteiger partial charge in [0.15, 0.2) is 5.96 Å². The second kappa shape index (κ2) is 10.7. The predicted octanol–water partition coefficient (Wildman–Crippen LogP) is 2.01. The van der Waals surface area contributed by atoms with Crippen molar-refractivity contribution < 1.29 is 0 Å². The van der Waals surface area contributed by atoms with Crippen molar-refractivity contribution in [3.8, 4) is 5.69 Å². The van der Waals surface area contributed by atoms with Crippen LogP contribution >= 0.6 is 24.0 Å². The fraction of sp³-hybridized carbons (Fsp3) is 0.333. The molecule has 0 radical (unpaired) electrons. The highest BCUT2D eigenvalue weighted by atomic mass is 127. The number of guanidine groups is 1. The normalized spacial score (nSPS) is 11.1. The molecule has 0 atom stereocenters. The average molecular weight is 480 g/mol. The van der Waals surface area contributed by atoms with Crippen molar-refractivity contribution in [1.82, 2.24) is 35.2 Å². The molecule has 2 heterocycles. The molecule has 0 aliphatic carbocycles. The Balaban J connectivity index is 0.00000261. The fourth-order valence-electron chi connectivity index (χ4n) is 2.67. The molecular weight excluding hydrogens is 455 g/mol. The highest BCUT2D eigenvalue weighted by Gasteiger charge is 2.03.